The summed E-state index contributed by atoms with van der Waals surface area (Å²) in [5.74, 6) is -0.0846. The first-order valence-corrected chi connectivity index (χ1v) is 8.06. The summed E-state index contributed by atoms with van der Waals surface area (Å²) < 4.78 is 70.6. The number of nitro groups is 1. The molecule has 0 unspecified atom stereocenters. The van der Waals surface area contributed by atoms with Crippen molar-refractivity contribution >= 4 is 21.4 Å². The molecular weight excluding hydrogens is 365 g/mol. The maximum absolute atomic E-state index is 13.0. The van der Waals surface area contributed by atoms with E-state index in [0.717, 1.165) is 36.4 Å². The van der Waals surface area contributed by atoms with Crippen LogP contribution in [0.3, 0.4) is 0 Å². The number of rotatable bonds is 5. The summed E-state index contributed by atoms with van der Waals surface area (Å²) in [7, 11) is -3.49. The quantitative estimate of drug-likeness (QED) is 0.637. The summed E-state index contributed by atoms with van der Waals surface area (Å²) in [6.45, 7) is 0. The second-order valence-corrected chi connectivity index (χ2v) is 6.39. The first-order valence-electron chi connectivity index (χ1n) is 6.58. The number of non-ortho nitro benzene ring substituents is 1. The molecule has 0 amide bonds. The highest BCUT2D eigenvalue weighted by molar-refractivity contribution is 7.92. The van der Waals surface area contributed by atoms with Gasteiger partial charge in [-0.05, 0) is 18.2 Å². The highest BCUT2D eigenvalue weighted by atomic mass is 32.2. The Balaban J connectivity index is 2.54. The molecular formula is C14H11F3N2O5S. The molecule has 0 aliphatic carbocycles. The van der Waals surface area contributed by atoms with Crippen molar-refractivity contribution in [3.05, 3.63) is 58.1 Å². The number of halogens is 3. The number of benzene rings is 2. The van der Waals surface area contributed by atoms with E-state index < -0.39 is 37.3 Å². The summed E-state index contributed by atoms with van der Waals surface area (Å²) in [5.41, 5.74) is -2.16. The Bertz CT molecular complexity index is 913. The van der Waals surface area contributed by atoms with Crippen molar-refractivity contribution in [3.63, 3.8) is 0 Å². The first-order chi connectivity index (χ1) is 11.6. The van der Waals surface area contributed by atoms with Gasteiger partial charge in [-0.1, -0.05) is 12.1 Å². The first kappa shape index (κ1) is 18.5. The van der Waals surface area contributed by atoms with Crippen LogP contribution in [0.5, 0.6) is 5.75 Å². The van der Waals surface area contributed by atoms with Crippen LogP contribution >= 0.6 is 0 Å². The normalized spacial score (nSPS) is 11.8. The average Bonchev–Trinajstić information content (AvgIpc) is 2.53. The molecule has 0 spiro atoms. The minimum absolute atomic E-state index is 0.0846. The summed E-state index contributed by atoms with van der Waals surface area (Å²) >= 11 is 0. The Morgan fingerprint density at radius 2 is 1.80 bits per heavy atom. The molecule has 0 saturated heterocycles. The van der Waals surface area contributed by atoms with Crippen molar-refractivity contribution in [1.82, 2.24) is 0 Å². The number of ether oxygens (including phenoxy) is 1. The van der Waals surface area contributed by atoms with Crippen LogP contribution in [-0.2, 0) is 16.2 Å². The van der Waals surface area contributed by atoms with E-state index in [9.17, 15) is 31.7 Å². The van der Waals surface area contributed by atoms with E-state index >= 15 is 0 Å². The number of nitro benzene ring substituents is 1. The highest BCUT2D eigenvalue weighted by Crippen LogP contribution is 2.36. The van der Waals surface area contributed by atoms with Crippen LogP contribution in [0, 0.1) is 10.1 Å². The zero-order valence-corrected chi connectivity index (χ0v) is 13.4. The number of nitrogens with one attached hydrogen (secondary N) is 1. The number of alkyl halides is 3. The average molecular weight is 376 g/mol. The van der Waals surface area contributed by atoms with Gasteiger partial charge in [-0.2, -0.15) is 13.2 Å². The minimum atomic E-state index is -4.89. The lowest BCUT2D eigenvalue weighted by Crippen LogP contribution is -2.19. The smallest absolute Gasteiger partial charge is 0.417 e. The van der Waals surface area contributed by atoms with Crippen molar-refractivity contribution in [2.75, 3.05) is 11.8 Å². The molecule has 7 nitrogen and oxygen atoms in total. The van der Waals surface area contributed by atoms with E-state index in [1.165, 1.54) is 7.11 Å². The van der Waals surface area contributed by atoms with Gasteiger partial charge in [-0.25, -0.2) is 8.42 Å². The maximum atomic E-state index is 13.0. The van der Waals surface area contributed by atoms with Crippen LogP contribution in [0.1, 0.15) is 5.56 Å². The minimum Gasteiger partial charge on any atom is -0.495 e. The van der Waals surface area contributed by atoms with E-state index in [0.29, 0.717) is 6.07 Å². The zero-order valence-electron chi connectivity index (χ0n) is 12.6. The molecule has 2 rings (SSSR count). The molecule has 0 aliphatic heterocycles. The summed E-state index contributed by atoms with van der Waals surface area (Å²) in [6, 6.07) is 6.65. The van der Waals surface area contributed by atoms with Gasteiger partial charge in [0, 0.05) is 12.1 Å². The molecule has 0 radical (unpaired) electrons. The molecule has 0 heterocycles. The fourth-order valence-corrected chi connectivity index (χ4v) is 3.31. The van der Waals surface area contributed by atoms with Gasteiger partial charge in [0.05, 0.1) is 28.2 Å². The Morgan fingerprint density at radius 3 is 2.36 bits per heavy atom. The lowest BCUT2D eigenvalue weighted by Gasteiger charge is -2.15. The molecule has 1 N–H and O–H groups in total. The molecule has 11 heteroatoms. The van der Waals surface area contributed by atoms with Crippen molar-refractivity contribution in [1.29, 1.82) is 0 Å². The number of hydrogen-bond acceptors (Lipinski definition) is 5. The molecule has 2 aromatic rings. The molecule has 0 atom stereocenters. The fraction of sp³-hybridized carbons (Fsp3) is 0.143. The molecule has 0 bridgehead atoms. The number of nitrogens with zero attached hydrogens (tertiary/aromatic N) is 1. The monoisotopic (exact) mass is 376 g/mol. The largest absolute Gasteiger partial charge is 0.495 e. The van der Waals surface area contributed by atoms with E-state index in [1.54, 1.807) is 0 Å². The van der Waals surface area contributed by atoms with Crippen LogP contribution < -0.4 is 9.46 Å². The lowest BCUT2D eigenvalue weighted by molar-refractivity contribution is -0.384. The standard InChI is InChI=1S/C14H11F3N2O5S/c1-24-12-7-6-9(19(20)21)8-11(12)18-25(22,23)13-5-3-2-4-10(13)14(15,16)17/h2-8,18H,1H3. The van der Waals surface area contributed by atoms with E-state index in [2.05, 4.69) is 0 Å². The Labute approximate surface area is 140 Å². The number of methoxy groups -OCH3 is 1. The molecule has 0 saturated carbocycles. The van der Waals surface area contributed by atoms with Gasteiger partial charge in [-0.15, -0.1) is 0 Å². The molecule has 0 fully saturated rings. The fourth-order valence-electron chi connectivity index (χ4n) is 2.02. The zero-order chi connectivity index (χ0) is 18.8. The summed E-state index contributed by atoms with van der Waals surface area (Å²) in [5, 5.41) is 10.8. The maximum Gasteiger partial charge on any atom is 0.417 e. The molecule has 134 valence electrons. The highest BCUT2D eigenvalue weighted by Gasteiger charge is 2.37. The third kappa shape index (κ3) is 3.99. The third-order valence-electron chi connectivity index (χ3n) is 3.12. The second kappa shape index (κ2) is 6.59. The van der Waals surface area contributed by atoms with Gasteiger partial charge in [0.1, 0.15) is 5.75 Å². The molecule has 2 aromatic carbocycles. The second-order valence-electron chi connectivity index (χ2n) is 4.74. The topological polar surface area (TPSA) is 98.5 Å². The van der Waals surface area contributed by atoms with Gasteiger partial charge in [0.25, 0.3) is 15.7 Å². The number of hydrogen-bond donors (Lipinski definition) is 1. The Kier molecular flexibility index (Phi) is 4.88. The van der Waals surface area contributed by atoms with Crippen LogP contribution in [0.4, 0.5) is 24.5 Å². The molecule has 0 aliphatic rings. The van der Waals surface area contributed by atoms with Gasteiger partial charge >= 0.3 is 6.18 Å². The van der Waals surface area contributed by atoms with Crippen molar-refractivity contribution in [2.45, 2.75) is 11.1 Å². The lowest BCUT2D eigenvalue weighted by atomic mass is 10.2. The predicted octanol–water partition coefficient (Wildman–Crippen LogP) is 3.42. The predicted molar refractivity (Wildman–Crippen MR) is 81.9 cm³/mol. The SMILES string of the molecule is COc1ccc([N+](=O)[O-])cc1NS(=O)(=O)c1ccccc1C(F)(F)F. The number of sulfonamides is 1. The van der Waals surface area contributed by atoms with Crippen LogP contribution in [0.15, 0.2) is 47.4 Å². The van der Waals surface area contributed by atoms with Gasteiger partial charge in [0.15, 0.2) is 0 Å². The van der Waals surface area contributed by atoms with Crippen LogP contribution in [0.2, 0.25) is 0 Å². The van der Waals surface area contributed by atoms with Crippen LogP contribution in [0.25, 0.3) is 0 Å². The van der Waals surface area contributed by atoms with Gasteiger partial charge in [0.2, 0.25) is 0 Å². The summed E-state index contributed by atoms with van der Waals surface area (Å²) in [4.78, 5) is 9.03. The van der Waals surface area contributed by atoms with E-state index in [4.69, 9.17) is 4.74 Å². The van der Waals surface area contributed by atoms with Crippen molar-refractivity contribution < 1.29 is 31.2 Å². The number of anilines is 1. The Hall–Kier alpha value is -2.82. The third-order valence-corrected chi connectivity index (χ3v) is 4.54. The van der Waals surface area contributed by atoms with Crippen molar-refractivity contribution in [3.8, 4) is 5.75 Å². The van der Waals surface area contributed by atoms with Crippen molar-refractivity contribution in [2.24, 2.45) is 0 Å². The van der Waals surface area contributed by atoms with Gasteiger partial charge in [-0.3, -0.25) is 14.8 Å². The Morgan fingerprint density at radius 1 is 1.16 bits per heavy atom. The molecule has 25 heavy (non-hydrogen) atoms. The molecule has 0 aromatic heterocycles. The van der Waals surface area contributed by atoms with E-state index in [1.807, 2.05) is 4.72 Å². The van der Waals surface area contributed by atoms with E-state index in [-0.39, 0.29) is 11.4 Å². The summed E-state index contributed by atoms with van der Waals surface area (Å²) in [6.07, 6.45) is -4.89. The van der Waals surface area contributed by atoms with Gasteiger partial charge < -0.3 is 4.74 Å². The van der Waals surface area contributed by atoms with Crippen LogP contribution in [-0.4, -0.2) is 20.5 Å².